The molecule has 1 nitrogen and oxygen atoms in total. The monoisotopic (exact) mass is 229 g/mol. The zero-order valence-electron chi connectivity index (χ0n) is 8.32. The Bertz CT molecular complexity index is 372. The van der Waals surface area contributed by atoms with Crippen LogP contribution in [0.15, 0.2) is 12.1 Å². The molecule has 0 radical (unpaired) electrons. The maximum absolute atomic E-state index is 6.13. The minimum absolute atomic E-state index is 0.129. The average Bonchev–Trinajstić information content (AvgIpc) is 2.06. The van der Waals surface area contributed by atoms with Crippen LogP contribution >= 0.6 is 23.2 Å². The summed E-state index contributed by atoms with van der Waals surface area (Å²) in [6, 6.07) is 3.78. The van der Waals surface area contributed by atoms with Crippen molar-refractivity contribution in [3.63, 3.8) is 0 Å². The van der Waals surface area contributed by atoms with E-state index in [0.717, 1.165) is 28.6 Å². The number of benzene rings is 1. The van der Waals surface area contributed by atoms with Crippen LogP contribution in [-0.4, -0.2) is 5.54 Å². The summed E-state index contributed by atoms with van der Waals surface area (Å²) in [6.45, 7) is 4.36. The van der Waals surface area contributed by atoms with E-state index in [0.29, 0.717) is 0 Å². The highest BCUT2D eigenvalue weighted by Gasteiger charge is 2.25. The first-order valence-electron chi connectivity index (χ1n) is 4.74. The van der Waals surface area contributed by atoms with E-state index in [-0.39, 0.29) is 5.54 Å². The van der Waals surface area contributed by atoms with E-state index in [1.54, 1.807) is 6.07 Å². The lowest BCUT2D eigenvalue weighted by atomic mass is 9.89. The molecule has 0 aromatic heterocycles. The molecule has 1 aliphatic rings. The van der Waals surface area contributed by atoms with Crippen LogP contribution in [0.2, 0.25) is 10.0 Å². The molecule has 0 fully saturated rings. The lowest BCUT2D eigenvalue weighted by Crippen LogP contribution is -2.35. The van der Waals surface area contributed by atoms with Crippen molar-refractivity contribution in [2.75, 3.05) is 5.32 Å². The molecular weight excluding hydrogens is 217 g/mol. The summed E-state index contributed by atoms with van der Waals surface area (Å²) in [4.78, 5) is 0. The van der Waals surface area contributed by atoms with E-state index in [1.165, 1.54) is 5.56 Å². The third kappa shape index (κ3) is 1.84. The number of nitrogens with one attached hydrogen (secondary N) is 1. The van der Waals surface area contributed by atoms with Crippen molar-refractivity contribution in [2.45, 2.75) is 32.2 Å². The minimum atomic E-state index is 0.129. The minimum Gasteiger partial charge on any atom is -0.379 e. The van der Waals surface area contributed by atoms with Crippen LogP contribution in [0.25, 0.3) is 0 Å². The molecule has 0 atom stereocenters. The summed E-state index contributed by atoms with van der Waals surface area (Å²) < 4.78 is 0. The largest absolute Gasteiger partial charge is 0.379 e. The van der Waals surface area contributed by atoms with Gasteiger partial charge in [0.15, 0.2) is 0 Å². The second-order valence-electron chi connectivity index (χ2n) is 4.43. The van der Waals surface area contributed by atoms with Gasteiger partial charge in [0.25, 0.3) is 0 Å². The number of halogens is 2. The van der Waals surface area contributed by atoms with Crippen molar-refractivity contribution in [3.8, 4) is 0 Å². The fraction of sp³-hybridized carbons (Fsp3) is 0.455. The molecule has 0 aliphatic carbocycles. The Labute approximate surface area is 94.4 Å². The van der Waals surface area contributed by atoms with Crippen molar-refractivity contribution >= 4 is 28.9 Å². The van der Waals surface area contributed by atoms with Crippen LogP contribution in [0.5, 0.6) is 0 Å². The lowest BCUT2D eigenvalue weighted by Gasteiger charge is -2.34. The smallest absolute Gasteiger partial charge is 0.0655 e. The molecule has 1 aromatic rings. The molecule has 1 N–H and O–H groups in total. The van der Waals surface area contributed by atoms with Crippen LogP contribution in [0.3, 0.4) is 0 Å². The Morgan fingerprint density at radius 3 is 2.71 bits per heavy atom. The molecule has 0 spiro atoms. The van der Waals surface area contributed by atoms with Crippen molar-refractivity contribution < 1.29 is 0 Å². The first kappa shape index (κ1) is 10.1. The number of rotatable bonds is 0. The van der Waals surface area contributed by atoms with E-state index in [2.05, 4.69) is 19.2 Å². The molecule has 0 bridgehead atoms. The fourth-order valence-corrected chi connectivity index (χ4v) is 2.39. The lowest BCUT2D eigenvalue weighted by molar-refractivity contribution is 0.502. The molecule has 0 amide bonds. The predicted octanol–water partition coefficient (Wildman–Crippen LogP) is 4.13. The molecule has 1 aliphatic heterocycles. The maximum Gasteiger partial charge on any atom is 0.0655 e. The van der Waals surface area contributed by atoms with Crippen LogP contribution in [-0.2, 0) is 6.42 Å². The van der Waals surface area contributed by atoms with E-state index in [9.17, 15) is 0 Å². The average molecular weight is 230 g/mol. The van der Waals surface area contributed by atoms with Gasteiger partial charge in [0.1, 0.15) is 0 Å². The fourth-order valence-electron chi connectivity index (χ4n) is 1.81. The zero-order chi connectivity index (χ0) is 10.3. The second-order valence-corrected chi connectivity index (χ2v) is 5.27. The topological polar surface area (TPSA) is 12.0 Å². The summed E-state index contributed by atoms with van der Waals surface area (Å²) in [5.41, 5.74) is 2.40. The van der Waals surface area contributed by atoms with Gasteiger partial charge in [-0.2, -0.15) is 0 Å². The standard InChI is InChI=1S/C11H13Cl2N/c1-11(2)4-3-7-5-8(12)6-9(13)10(7)14-11/h5-6,14H,3-4H2,1-2H3. The van der Waals surface area contributed by atoms with E-state index >= 15 is 0 Å². The van der Waals surface area contributed by atoms with E-state index in [4.69, 9.17) is 23.2 Å². The van der Waals surface area contributed by atoms with Gasteiger partial charge in [-0.25, -0.2) is 0 Å². The number of fused-ring (bicyclic) bond motifs is 1. The molecule has 1 aromatic carbocycles. The van der Waals surface area contributed by atoms with Gasteiger partial charge in [0.05, 0.1) is 10.7 Å². The number of hydrogen-bond donors (Lipinski definition) is 1. The molecule has 2 rings (SSSR count). The molecule has 0 saturated heterocycles. The van der Waals surface area contributed by atoms with Crippen LogP contribution < -0.4 is 5.32 Å². The zero-order valence-corrected chi connectivity index (χ0v) is 9.84. The summed E-state index contributed by atoms with van der Waals surface area (Å²) in [6.07, 6.45) is 2.15. The van der Waals surface area contributed by atoms with Crippen molar-refractivity contribution in [3.05, 3.63) is 27.7 Å². The van der Waals surface area contributed by atoms with E-state index in [1.807, 2.05) is 6.07 Å². The number of hydrogen-bond acceptors (Lipinski definition) is 1. The molecule has 0 saturated carbocycles. The number of aryl methyl sites for hydroxylation is 1. The number of anilines is 1. The molecule has 76 valence electrons. The van der Waals surface area contributed by atoms with Gasteiger partial charge < -0.3 is 5.32 Å². The Kier molecular flexibility index (Phi) is 2.40. The van der Waals surface area contributed by atoms with Gasteiger partial charge in [-0.05, 0) is 44.4 Å². The SMILES string of the molecule is CC1(C)CCc2cc(Cl)cc(Cl)c2N1. The van der Waals surface area contributed by atoms with E-state index < -0.39 is 0 Å². The Morgan fingerprint density at radius 2 is 2.00 bits per heavy atom. The molecule has 14 heavy (non-hydrogen) atoms. The summed E-state index contributed by atoms with van der Waals surface area (Å²) >= 11 is 12.1. The van der Waals surface area contributed by atoms with Gasteiger partial charge in [-0.3, -0.25) is 0 Å². The highest BCUT2D eigenvalue weighted by molar-refractivity contribution is 6.36. The van der Waals surface area contributed by atoms with Crippen LogP contribution in [0.4, 0.5) is 5.69 Å². The molecule has 1 heterocycles. The van der Waals surface area contributed by atoms with Gasteiger partial charge in [0, 0.05) is 10.6 Å². The van der Waals surface area contributed by atoms with Gasteiger partial charge in [-0.15, -0.1) is 0 Å². The summed E-state index contributed by atoms with van der Waals surface area (Å²) in [5, 5.41) is 4.88. The Balaban J connectivity index is 2.47. The summed E-state index contributed by atoms with van der Waals surface area (Å²) in [7, 11) is 0. The van der Waals surface area contributed by atoms with Gasteiger partial charge in [0.2, 0.25) is 0 Å². The third-order valence-corrected chi connectivity index (χ3v) is 3.14. The van der Waals surface area contributed by atoms with Crippen LogP contribution in [0.1, 0.15) is 25.8 Å². The second kappa shape index (κ2) is 3.32. The highest BCUT2D eigenvalue weighted by Crippen LogP contribution is 2.37. The van der Waals surface area contributed by atoms with Gasteiger partial charge >= 0.3 is 0 Å². The molecule has 0 unspecified atom stereocenters. The quantitative estimate of drug-likeness (QED) is 0.706. The molecule has 3 heteroatoms. The third-order valence-electron chi connectivity index (χ3n) is 2.62. The Hall–Kier alpha value is -0.400. The highest BCUT2D eigenvalue weighted by atomic mass is 35.5. The first-order valence-corrected chi connectivity index (χ1v) is 5.50. The van der Waals surface area contributed by atoms with Crippen molar-refractivity contribution in [1.82, 2.24) is 0 Å². The van der Waals surface area contributed by atoms with Crippen LogP contribution in [0, 0.1) is 0 Å². The Morgan fingerprint density at radius 1 is 1.29 bits per heavy atom. The summed E-state index contributed by atoms with van der Waals surface area (Å²) in [5.74, 6) is 0. The molecular formula is C11H13Cl2N. The van der Waals surface area contributed by atoms with Crippen molar-refractivity contribution in [2.24, 2.45) is 0 Å². The van der Waals surface area contributed by atoms with Crippen molar-refractivity contribution in [1.29, 1.82) is 0 Å². The predicted molar refractivity (Wildman–Crippen MR) is 62.5 cm³/mol. The van der Waals surface area contributed by atoms with Gasteiger partial charge in [-0.1, -0.05) is 23.2 Å². The normalized spacial score (nSPS) is 18.6. The first-order chi connectivity index (χ1) is 6.48. The maximum atomic E-state index is 6.13.